The van der Waals surface area contributed by atoms with Gasteiger partial charge in [-0.3, -0.25) is 14.5 Å². The van der Waals surface area contributed by atoms with Gasteiger partial charge in [-0.1, -0.05) is 0 Å². The van der Waals surface area contributed by atoms with E-state index in [4.69, 9.17) is 0 Å². The highest BCUT2D eigenvalue weighted by atomic mass is 19.4. The molecule has 1 rings (SSSR count). The normalized spacial score (nSPS) is 13.3. The van der Waals surface area contributed by atoms with Crippen LogP contribution in [0.15, 0.2) is 24.3 Å². The van der Waals surface area contributed by atoms with E-state index in [1.54, 1.807) is 18.9 Å². The quantitative estimate of drug-likeness (QED) is 0.802. The van der Waals surface area contributed by atoms with Gasteiger partial charge in [0.15, 0.2) is 0 Å². The van der Waals surface area contributed by atoms with E-state index in [9.17, 15) is 22.8 Å². The molecule has 0 unspecified atom stereocenters. The number of halogens is 3. The van der Waals surface area contributed by atoms with E-state index in [2.05, 4.69) is 15.4 Å². The Morgan fingerprint density at radius 2 is 1.69 bits per heavy atom. The third kappa shape index (κ3) is 8.19. The van der Waals surface area contributed by atoms with Crippen LogP contribution < -0.4 is 15.4 Å². The van der Waals surface area contributed by atoms with Crippen LogP contribution in [0.1, 0.15) is 27.7 Å². The van der Waals surface area contributed by atoms with E-state index in [1.165, 1.54) is 12.1 Å². The number of carbonyl (C=O) groups is 2. The number of ether oxygens (including phenoxy) is 1. The van der Waals surface area contributed by atoms with Crippen LogP contribution in [0, 0.1) is 0 Å². The van der Waals surface area contributed by atoms with E-state index in [0.29, 0.717) is 5.69 Å². The Kier molecular flexibility index (Phi) is 7.02. The van der Waals surface area contributed by atoms with Gasteiger partial charge in [-0.05, 0) is 59.0 Å². The second kappa shape index (κ2) is 8.39. The fourth-order valence-electron chi connectivity index (χ4n) is 2.01. The molecule has 0 radical (unpaired) electrons. The fraction of sp³-hybridized carbons (Fsp3) is 0.529. The average molecular weight is 375 g/mol. The van der Waals surface area contributed by atoms with Gasteiger partial charge in [0.25, 0.3) is 0 Å². The van der Waals surface area contributed by atoms with Crippen LogP contribution in [0.3, 0.4) is 0 Å². The Labute approximate surface area is 150 Å². The van der Waals surface area contributed by atoms with Crippen molar-refractivity contribution in [2.24, 2.45) is 0 Å². The van der Waals surface area contributed by atoms with Gasteiger partial charge in [0.1, 0.15) is 5.75 Å². The molecule has 2 N–H and O–H groups in total. The number of nitrogens with one attached hydrogen (secondary N) is 2. The van der Waals surface area contributed by atoms with Crippen molar-refractivity contribution in [3.05, 3.63) is 24.3 Å². The van der Waals surface area contributed by atoms with Gasteiger partial charge in [0.2, 0.25) is 11.8 Å². The second-order valence-electron chi connectivity index (χ2n) is 6.95. The minimum absolute atomic E-state index is 0.0320. The van der Waals surface area contributed by atoms with Gasteiger partial charge in [0.05, 0.1) is 12.6 Å². The Bertz CT molecular complexity index is 625. The first-order valence-corrected chi connectivity index (χ1v) is 7.95. The van der Waals surface area contributed by atoms with E-state index in [1.807, 2.05) is 20.8 Å². The van der Waals surface area contributed by atoms with Crippen molar-refractivity contribution in [3.63, 3.8) is 0 Å². The topological polar surface area (TPSA) is 70.7 Å². The lowest BCUT2D eigenvalue weighted by molar-refractivity contribution is -0.274. The molecule has 0 fully saturated rings. The largest absolute Gasteiger partial charge is 0.573 e. The smallest absolute Gasteiger partial charge is 0.406 e. The zero-order valence-corrected chi connectivity index (χ0v) is 15.4. The lowest BCUT2D eigenvalue weighted by Crippen LogP contribution is -2.49. The minimum Gasteiger partial charge on any atom is -0.406 e. The molecule has 0 aromatic heterocycles. The molecule has 0 bridgehead atoms. The van der Waals surface area contributed by atoms with Crippen LogP contribution in [0.4, 0.5) is 18.9 Å². The Hall–Kier alpha value is -2.29. The summed E-state index contributed by atoms with van der Waals surface area (Å²) in [6, 6.07) is 4.20. The van der Waals surface area contributed by atoms with E-state index < -0.39 is 12.4 Å². The summed E-state index contributed by atoms with van der Waals surface area (Å²) < 4.78 is 40.1. The van der Waals surface area contributed by atoms with E-state index in [-0.39, 0.29) is 29.6 Å². The van der Waals surface area contributed by atoms with Crippen molar-refractivity contribution >= 4 is 17.5 Å². The average Bonchev–Trinajstić information content (AvgIpc) is 2.44. The van der Waals surface area contributed by atoms with Gasteiger partial charge >= 0.3 is 6.36 Å². The molecule has 0 spiro atoms. The summed E-state index contributed by atoms with van der Waals surface area (Å²) in [5, 5.41) is 5.39. The summed E-state index contributed by atoms with van der Waals surface area (Å²) >= 11 is 0. The molecule has 2 amide bonds. The van der Waals surface area contributed by atoms with Crippen molar-refractivity contribution in [2.75, 3.05) is 18.9 Å². The summed E-state index contributed by atoms with van der Waals surface area (Å²) in [7, 11) is 1.63. The first kappa shape index (κ1) is 21.8. The first-order chi connectivity index (χ1) is 11.8. The monoisotopic (exact) mass is 375 g/mol. The molecule has 1 atom stereocenters. The lowest BCUT2D eigenvalue weighted by atomic mass is 10.1. The number of carbonyl (C=O) groups excluding carboxylic acids is 2. The predicted octanol–water partition coefficient (Wildman–Crippen LogP) is 2.76. The summed E-state index contributed by atoms with van der Waals surface area (Å²) in [6.07, 6.45) is -4.77. The lowest BCUT2D eigenvalue weighted by Gasteiger charge is -2.26. The molecule has 6 nitrogen and oxygen atoms in total. The number of alkyl halides is 3. The molecule has 1 aromatic rings. The Morgan fingerprint density at radius 1 is 1.15 bits per heavy atom. The first-order valence-electron chi connectivity index (χ1n) is 7.95. The van der Waals surface area contributed by atoms with Gasteiger partial charge < -0.3 is 15.4 Å². The maximum Gasteiger partial charge on any atom is 0.573 e. The molecule has 0 saturated carbocycles. The molecule has 0 aliphatic carbocycles. The van der Waals surface area contributed by atoms with Crippen LogP contribution >= 0.6 is 0 Å². The van der Waals surface area contributed by atoms with Gasteiger partial charge in [-0.15, -0.1) is 13.2 Å². The van der Waals surface area contributed by atoms with Crippen LogP contribution in [-0.4, -0.2) is 48.2 Å². The molecule has 0 saturated heterocycles. The Balaban J connectivity index is 2.59. The number of hydrogen-bond acceptors (Lipinski definition) is 4. The van der Waals surface area contributed by atoms with Crippen molar-refractivity contribution < 1.29 is 27.5 Å². The molecule has 26 heavy (non-hydrogen) atoms. The third-order valence-electron chi connectivity index (χ3n) is 3.30. The summed E-state index contributed by atoms with van der Waals surface area (Å²) in [5.74, 6) is -0.978. The number of hydrogen-bond donors (Lipinski definition) is 2. The minimum atomic E-state index is -4.77. The summed E-state index contributed by atoms with van der Waals surface area (Å²) in [5.41, 5.74) is -0.0483. The zero-order chi connectivity index (χ0) is 20.1. The molecular formula is C17H24F3N3O3. The SMILES string of the molecule is C[C@@H](C(=O)Nc1ccc(OC(F)(F)F)cc1)N(C)CC(=O)NC(C)(C)C. The number of benzene rings is 1. The molecule has 0 aliphatic rings. The predicted molar refractivity (Wildman–Crippen MR) is 91.7 cm³/mol. The van der Waals surface area contributed by atoms with E-state index >= 15 is 0 Å². The van der Waals surface area contributed by atoms with Crippen LogP contribution in [0.2, 0.25) is 0 Å². The molecule has 1 aromatic carbocycles. The van der Waals surface area contributed by atoms with Crippen LogP contribution in [0.5, 0.6) is 5.75 Å². The van der Waals surface area contributed by atoms with Gasteiger partial charge in [0, 0.05) is 11.2 Å². The highest BCUT2D eigenvalue weighted by Gasteiger charge is 2.31. The van der Waals surface area contributed by atoms with Gasteiger partial charge in [-0.2, -0.15) is 0 Å². The molecule has 146 valence electrons. The zero-order valence-electron chi connectivity index (χ0n) is 15.4. The number of rotatable bonds is 6. The maximum atomic E-state index is 12.2. The molecule has 0 aliphatic heterocycles. The van der Waals surface area contributed by atoms with E-state index in [0.717, 1.165) is 12.1 Å². The fourth-order valence-corrected chi connectivity index (χ4v) is 2.01. The summed E-state index contributed by atoms with van der Waals surface area (Å²) in [6.45, 7) is 7.22. The van der Waals surface area contributed by atoms with Gasteiger partial charge in [-0.25, -0.2) is 0 Å². The van der Waals surface area contributed by atoms with Crippen LogP contribution in [-0.2, 0) is 9.59 Å². The van der Waals surface area contributed by atoms with Crippen LogP contribution in [0.25, 0.3) is 0 Å². The number of nitrogens with zero attached hydrogens (tertiary/aromatic N) is 1. The van der Waals surface area contributed by atoms with Crippen molar-refractivity contribution in [1.82, 2.24) is 10.2 Å². The standard InChI is InChI=1S/C17H24F3N3O3/c1-11(23(5)10-14(24)22-16(2,3)4)15(25)21-12-6-8-13(9-7-12)26-17(18,19)20/h6-9,11H,10H2,1-5H3,(H,21,25)(H,22,24)/t11-/m0/s1. The second-order valence-corrected chi connectivity index (χ2v) is 6.95. The molecule has 9 heteroatoms. The van der Waals surface area contributed by atoms with Crippen molar-refractivity contribution in [3.8, 4) is 5.75 Å². The highest BCUT2D eigenvalue weighted by molar-refractivity contribution is 5.95. The number of anilines is 1. The van der Waals surface area contributed by atoms with Crippen molar-refractivity contribution in [1.29, 1.82) is 0 Å². The summed E-state index contributed by atoms with van der Waals surface area (Å²) in [4.78, 5) is 25.7. The third-order valence-corrected chi connectivity index (χ3v) is 3.30. The maximum absolute atomic E-state index is 12.2. The number of amides is 2. The number of likely N-dealkylation sites (N-methyl/N-ethyl adjacent to an activating group) is 1. The van der Waals surface area contributed by atoms with Crippen molar-refractivity contribution in [2.45, 2.75) is 45.6 Å². The molecule has 0 heterocycles. The Morgan fingerprint density at radius 3 is 2.15 bits per heavy atom. The highest BCUT2D eigenvalue weighted by Crippen LogP contribution is 2.24. The molecular weight excluding hydrogens is 351 g/mol.